The number of Topliss-reactive ketones (excluding diaryl/α,β-unsaturated/α-hetero) is 1. The number of nitrogen functional groups attached to an aromatic ring is 1. The molecular weight excluding hydrogens is 370 g/mol. The number of nitrogens with zero attached hydrogens (tertiary/aromatic N) is 1. The first-order valence-electron chi connectivity index (χ1n) is 9.59. The van der Waals surface area contributed by atoms with E-state index in [1.165, 1.54) is 36.7 Å². The summed E-state index contributed by atoms with van der Waals surface area (Å²) in [7, 11) is 0. The van der Waals surface area contributed by atoms with Gasteiger partial charge in [-0.15, -0.1) is 11.3 Å². The Bertz CT molecular complexity index is 1070. The Balaban J connectivity index is 1.62. The molecule has 0 saturated heterocycles. The summed E-state index contributed by atoms with van der Waals surface area (Å²) in [5, 5.41) is 3.74. The molecule has 0 radical (unpaired) electrons. The molecular formula is C22H23N3O2S. The fraction of sp³-hybridized carbons (Fsp3) is 0.318. The first kappa shape index (κ1) is 18.6. The SMILES string of the molecule is CCC1CCc2nc3sc(C(=O)Nc4ccc(C(C)=O)cc4)c(N)c3cc2C1. The molecule has 0 saturated carbocycles. The van der Waals surface area contributed by atoms with Gasteiger partial charge in [0.25, 0.3) is 5.91 Å². The van der Waals surface area contributed by atoms with E-state index in [1.807, 2.05) is 0 Å². The molecule has 6 heteroatoms. The van der Waals surface area contributed by atoms with Crippen LogP contribution in [-0.2, 0) is 12.8 Å². The molecule has 1 unspecified atom stereocenters. The highest BCUT2D eigenvalue weighted by atomic mass is 32.1. The Hall–Kier alpha value is -2.73. The lowest BCUT2D eigenvalue weighted by atomic mass is 9.85. The molecule has 2 aromatic heterocycles. The number of amides is 1. The highest BCUT2D eigenvalue weighted by molar-refractivity contribution is 7.21. The molecule has 4 rings (SSSR count). The largest absolute Gasteiger partial charge is 0.397 e. The smallest absolute Gasteiger partial charge is 0.267 e. The van der Waals surface area contributed by atoms with E-state index in [1.54, 1.807) is 24.3 Å². The van der Waals surface area contributed by atoms with Gasteiger partial charge in [0.1, 0.15) is 9.71 Å². The van der Waals surface area contributed by atoms with Crippen LogP contribution in [0, 0.1) is 5.92 Å². The lowest BCUT2D eigenvalue weighted by Gasteiger charge is -2.22. The lowest BCUT2D eigenvalue weighted by Crippen LogP contribution is -2.14. The zero-order chi connectivity index (χ0) is 19.8. The monoisotopic (exact) mass is 393 g/mol. The third kappa shape index (κ3) is 3.40. The van der Waals surface area contributed by atoms with Crippen molar-refractivity contribution in [2.45, 2.75) is 39.5 Å². The number of carbonyl (C=O) groups is 2. The van der Waals surface area contributed by atoms with Gasteiger partial charge in [0.15, 0.2) is 5.78 Å². The van der Waals surface area contributed by atoms with Gasteiger partial charge in [0.2, 0.25) is 0 Å². The highest BCUT2D eigenvalue weighted by Crippen LogP contribution is 2.37. The van der Waals surface area contributed by atoms with Crippen LogP contribution >= 0.6 is 11.3 Å². The predicted octanol–water partition coefficient (Wildman–Crippen LogP) is 4.85. The lowest BCUT2D eigenvalue weighted by molar-refractivity contribution is 0.101. The van der Waals surface area contributed by atoms with Gasteiger partial charge < -0.3 is 11.1 Å². The molecule has 3 aromatic rings. The van der Waals surface area contributed by atoms with Crippen LogP contribution in [0.15, 0.2) is 30.3 Å². The summed E-state index contributed by atoms with van der Waals surface area (Å²) in [5.41, 5.74) is 10.5. The van der Waals surface area contributed by atoms with Crippen molar-refractivity contribution in [3.63, 3.8) is 0 Å². The number of hydrogen-bond acceptors (Lipinski definition) is 5. The molecule has 1 atom stereocenters. The molecule has 28 heavy (non-hydrogen) atoms. The Morgan fingerprint density at radius 2 is 2.04 bits per heavy atom. The summed E-state index contributed by atoms with van der Waals surface area (Å²) in [5.74, 6) is 0.444. The van der Waals surface area contributed by atoms with E-state index in [9.17, 15) is 9.59 Å². The molecule has 1 aromatic carbocycles. The number of anilines is 2. The number of rotatable bonds is 4. The first-order valence-corrected chi connectivity index (χ1v) is 10.4. The van der Waals surface area contributed by atoms with Crippen molar-refractivity contribution in [2.24, 2.45) is 5.92 Å². The summed E-state index contributed by atoms with van der Waals surface area (Å²) in [6.45, 7) is 3.74. The van der Waals surface area contributed by atoms with Crippen molar-refractivity contribution in [3.05, 3.63) is 52.0 Å². The molecule has 3 N–H and O–H groups in total. The minimum Gasteiger partial charge on any atom is -0.397 e. The second kappa shape index (κ2) is 7.36. The summed E-state index contributed by atoms with van der Waals surface area (Å²) in [6, 6.07) is 8.97. The van der Waals surface area contributed by atoms with Gasteiger partial charge in [-0.2, -0.15) is 0 Å². The highest BCUT2D eigenvalue weighted by Gasteiger charge is 2.23. The van der Waals surface area contributed by atoms with Crippen molar-refractivity contribution in [2.75, 3.05) is 11.1 Å². The molecule has 1 amide bonds. The number of benzene rings is 1. The minimum absolute atomic E-state index is 0.00743. The standard InChI is InChI=1S/C22H23N3O2S/c1-3-13-4-9-18-15(10-13)11-17-19(23)20(28-22(17)25-18)21(27)24-16-7-5-14(6-8-16)12(2)26/h5-8,11,13H,3-4,9-10,23H2,1-2H3,(H,24,27). The molecule has 0 aliphatic heterocycles. The van der Waals surface area contributed by atoms with E-state index in [0.717, 1.165) is 28.8 Å². The Labute approximate surface area is 168 Å². The van der Waals surface area contributed by atoms with Crippen molar-refractivity contribution >= 4 is 44.6 Å². The normalized spacial score (nSPS) is 16.0. The average Bonchev–Trinajstić information content (AvgIpc) is 3.02. The molecule has 1 aliphatic carbocycles. The molecule has 0 fully saturated rings. The Morgan fingerprint density at radius 3 is 2.71 bits per heavy atom. The number of ketones is 1. The summed E-state index contributed by atoms with van der Waals surface area (Å²) in [4.78, 5) is 30.3. The van der Waals surface area contributed by atoms with Crippen LogP contribution in [0.1, 0.15) is 58.0 Å². The van der Waals surface area contributed by atoms with E-state index in [2.05, 4.69) is 18.3 Å². The zero-order valence-corrected chi connectivity index (χ0v) is 16.9. The van der Waals surface area contributed by atoms with Gasteiger partial charge in [0, 0.05) is 22.3 Å². The van der Waals surface area contributed by atoms with Gasteiger partial charge in [0.05, 0.1) is 5.69 Å². The predicted molar refractivity (Wildman–Crippen MR) is 114 cm³/mol. The van der Waals surface area contributed by atoms with E-state index in [4.69, 9.17) is 10.7 Å². The fourth-order valence-electron chi connectivity index (χ4n) is 3.76. The van der Waals surface area contributed by atoms with Gasteiger partial charge in [-0.05, 0) is 68.0 Å². The fourth-order valence-corrected chi connectivity index (χ4v) is 4.75. The maximum Gasteiger partial charge on any atom is 0.267 e. The molecule has 0 spiro atoms. The minimum atomic E-state index is -0.250. The van der Waals surface area contributed by atoms with Gasteiger partial charge in [-0.25, -0.2) is 4.98 Å². The van der Waals surface area contributed by atoms with Crippen LogP contribution in [0.2, 0.25) is 0 Å². The quantitative estimate of drug-likeness (QED) is 0.621. The maximum absolute atomic E-state index is 12.8. The van der Waals surface area contributed by atoms with Crippen LogP contribution < -0.4 is 11.1 Å². The third-order valence-corrected chi connectivity index (χ3v) is 6.63. The molecule has 0 bridgehead atoms. The number of aryl methyl sites for hydroxylation is 1. The molecule has 1 aliphatic rings. The topological polar surface area (TPSA) is 85.1 Å². The number of nitrogens with one attached hydrogen (secondary N) is 1. The Kier molecular flexibility index (Phi) is 4.89. The summed E-state index contributed by atoms with van der Waals surface area (Å²) >= 11 is 1.34. The van der Waals surface area contributed by atoms with Crippen molar-refractivity contribution in [1.29, 1.82) is 0 Å². The zero-order valence-electron chi connectivity index (χ0n) is 16.0. The second-order valence-corrected chi connectivity index (χ2v) is 8.40. The number of carbonyl (C=O) groups excluding carboxylic acids is 2. The first-order chi connectivity index (χ1) is 13.5. The van der Waals surface area contributed by atoms with E-state index >= 15 is 0 Å². The van der Waals surface area contributed by atoms with E-state index in [0.29, 0.717) is 27.7 Å². The van der Waals surface area contributed by atoms with Crippen molar-refractivity contribution < 1.29 is 9.59 Å². The van der Waals surface area contributed by atoms with E-state index in [-0.39, 0.29) is 11.7 Å². The molecule has 5 nitrogen and oxygen atoms in total. The molecule has 144 valence electrons. The molecule has 2 heterocycles. The van der Waals surface area contributed by atoms with Crippen LogP contribution in [0.4, 0.5) is 11.4 Å². The van der Waals surface area contributed by atoms with Crippen LogP contribution in [0.5, 0.6) is 0 Å². The summed E-state index contributed by atoms with van der Waals surface area (Å²) < 4.78 is 0. The van der Waals surface area contributed by atoms with Gasteiger partial charge in [-0.3, -0.25) is 9.59 Å². The van der Waals surface area contributed by atoms with Crippen molar-refractivity contribution in [1.82, 2.24) is 4.98 Å². The van der Waals surface area contributed by atoms with Crippen LogP contribution in [0.25, 0.3) is 10.2 Å². The van der Waals surface area contributed by atoms with Gasteiger partial charge in [-0.1, -0.05) is 13.3 Å². The third-order valence-electron chi connectivity index (χ3n) is 5.52. The number of aromatic nitrogens is 1. The van der Waals surface area contributed by atoms with Crippen LogP contribution in [-0.4, -0.2) is 16.7 Å². The average molecular weight is 394 g/mol. The maximum atomic E-state index is 12.8. The second-order valence-electron chi connectivity index (χ2n) is 7.40. The summed E-state index contributed by atoms with van der Waals surface area (Å²) in [6.07, 6.45) is 4.37. The number of pyridine rings is 1. The van der Waals surface area contributed by atoms with Gasteiger partial charge >= 0.3 is 0 Å². The number of thiophene rings is 1. The number of hydrogen-bond donors (Lipinski definition) is 2. The Morgan fingerprint density at radius 1 is 1.29 bits per heavy atom. The van der Waals surface area contributed by atoms with Crippen LogP contribution in [0.3, 0.4) is 0 Å². The number of fused-ring (bicyclic) bond motifs is 2. The number of nitrogens with two attached hydrogens (primary N) is 1. The van der Waals surface area contributed by atoms with E-state index < -0.39 is 0 Å². The van der Waals surface area contributed by atoms with Crippen molar-refractivity contribution in [3.8, 4) is 0 Å².